The van der Waals surface area contributed by atoms with Gasteiger partial charge < -0.3 is 4.74 Å². The first-order valence-electron chi connectivity index (χ1n) is 6.42. The molecule has 6 heteroatoms. The fraction of sp³-hybridized carbons (Fsp3) is 0.200. The van der Waals surface area contributed by atoms with E-state index in [1.54, 1.807) is 36.4 Å². The lowest BCUT2D eigenvalue weighted by Crippen LogP contribution is -2.13. The molecule has 0 aliphatic heterocycles. The molecule has 0 aromatic heterocycles. The van der Waals surface area contributed by atoms with E-state index in [4.69, 9.17) is 16.3 Å². The summed E-state index contributed by atoms with van der Waals surface area (Å²) in [6, 6.07) is 12.8. The van der Waals surface area contributed by atoms with Crippen molar-refractivity contribution in [3.05, 3.63) is 53.6 Å². The van der Waals surface area contributed by atoms with Gasteiger partial charge in [0.2, 0.25) is 0 Å². The van der Waals surface area contributed by atoms with Gasteiger partial charge in [-0.3, -0.25) is 4.72 Å². The zero-order chi connectivity index (χ0) is 15.5. The van der Waals surface area contributed by atoms with Crippen molar-refractivity contribution >= 4 is 27.3 Å². The molecule has 112 valence electrons. The zero-order valence-corrected chi connectivity index (χ0v) is 13.3. The summed E-state index contributed by atoms with van der Waals surface area (Å²) >= 11 is 5.77. The van der Waals surface area contributed by atoms with Crippen LogP contribution in [0.5, 0.6) is 5.75 Å². The molecule has 4 nitrogen and oxygen atoms in total. The lowest BCUT2D eigenvalue weighted by atomic mass is 10.3. The molecule has 0 radical (unpaired) electrons. The van der Waals surface area contributed by atoms with Crippen LogP contribution in [0.15, 0.2) is 53.4 Å². The topological polar surface area (TPSA) is 55.4 Å². The van der Waals surface area contributed by atoms with Crippen LogP contribution in [0.2, 0.25) is 5.02 Å². The first-order chi connectivity index (χ1) is 9.87. The van der Waals surface area contributed by atoms with Crippen LogP contribution in [0.1, 0.15) is 13.8 Å². The van der Waals surface area contributed by atoms with E-state index in [1.165, 1.54) is 12.1 Å². The molecular formula is C15H16ClNO3S. The van der Waals surface area contributed by atoms with Crippen molar-refractivity contribution in [2.24, 2.45) is 0 Å². The van der Waals surface area contributed by atoms with Gasteiger partial charge in [-0.25, -0.2) is 8.42 Å². The fourth-order valence-corrected chi connectivity index (χ4v) is 2.89. The maximum absolute atomic E-state index is 12.2. The van der Waals surface area contributed by atoms with E-state index < -0.39 is 10.0 Å². The molecule has 1 N–H and O–H groups in total. The Hall–Kier alpha value is -1.72. The van der Waals surface area contributed by atoms with E-state index in [0.29, 0.717) is 16.5 Å². The van der Waals surface area contributed by atoms with Gasteiger partial charge in [0.1, 0.15) is 5.75 Å². The van der Waals surface area contributed by atoms with Crippen molar-refractivity contribution in [2.45, 2.75) is 24.8 Å². The second-order valence-electron chi connectivity index (χ2n) is 4.75. The molecule has 2 aromatic carbocycles. The number of nitrogens with one attached hydrogen (secondary N) is 1. The highest BCUT2D eigenvalue weighted by Gasteiger charge is 2.14. The van der Waals surface area contributed by atoms with E-state index in [-0.39, 0.29) is 11.0 Å². The summed E-state index contributed by atoms with van der Waals surface area (Å²) in [5, 5.41) is 0.549. The standard InChI is InChI=1S/C15H16ClNO3S/c1-11(2)20-14-7-9-15(10-8-14)21(18,19)17-13-5-3-12(16)4-6-13/h3-11,17H,1-2H3. The summed E-state index contributed by atoms with van der Waals surface area (Å²) in [5.74, 6) is 0.635. The van der Waals surface area contributed by atoms with Gasteiger partial charge in [-0.1, -0.05) is 11.6 Å². The van der Waals surface area contributed by atoms with Crippen LogP contribution in [-0.2, 0) is 10.0 Å². The predicted octanol–water partition coefficient (Wildman–Crippen LogP) is 3.93. The Morgan fingerprint density at radius 3 is 2.10 bits per heavy atom. The van der Waals surface area contributed by atoms with Crippen LogP contribution >= 0.6 is 11.6 Å². The molecule has 0 amide bonds. The Bertz CT molecular complexity index is 695. The van der Waals surface area contributed by atoms with Gasteiger partial charge in [0.25, 0.3) is 10.0 Å². The number of hydrogen-bond donors (Lipinski definition) is 1. The highest BCUT2D eigenvalue weighted by molar-refractivity contribution is 7.92. The summed E-state index contributed by atoms with van der Waals surface area (Å²) in [7, 11) is -3.62. The van der Waals surface area contributed by atoms with Crippen molar-refractivity contribution in [1.29, 1.82) is 0 Å². The van der Waals surface area contributed by atoms with Crippen LogP contribution in [0, 0.1) is 0 Å². The molecule has 0 fully saturated rings. The summed E-state index contributed by atoms with van der Waals surface area (Å²) in [4.78, 5) is 0.175. The van der Waals surface area contributed by atoms with Crippen molar-refractivity contribution in [3.8, 4) is 5.75 Å². The summed E-state index contributed by atoms with van der Waals surface area (Å²) in [6.07, 6.45) is 0.0413. The van der Waals surface area contributed by atoms with E-state index in [2.05, 4.69) is 4.72 Å². The molecular weight excluding hydrogens is 310 g/mol. The maximum Gasteiger partial charge on any atom is 0.261 e. The van der Waals surface area contributed by atoms with Crippen molar-refractivity contribution in [1.82, 2.24) is 0 Å². The first-order valence-corrected chi connectivity index (χ1v) is 8.28. The average Bonchev–Trinajstić information content (AvgIpc) is 2.41. The summed E-state index contributed by atoms with van der Waals surface area (Å²) in [5.41, 5.74) is 0.460. The molecule has 2 aromatic rings. The third-order valence-corrected chi connectivity index (χ3v) is 4.25. The Morgan fingerprint density at radius 1 is 1.00 bits per heavy atom. The van der Waals surface area contributed by atoms with Gasteiger partial charge in [0.05, 0.1) is 11.0 Å². The molecule has 0 aliphatic rings. The number of benzene rings is 2. The van der Waals surface area contributed by atoms with E-state index >= 15 is 0 Å². The highest BCUT2D eigenvalue weighted by atomic mass is 35.5. The lowest BCUT2D eigenvalue weighted by molar-refractivity contribution is 0.242. The molecule has 0 saturated heterocycles. The van der Waals surface area contributed by atoms with Crippen LogP contribution in [0.3, 0.4) is 0 Å². The lowest BCUT2D eigenvalue weighted by Gasteiger charge is -2.11. The zero-order valence-electron chi connectivity index (χ0n) is 11.7. The molecule has 0 bridgehead atoms. The third-order valence-electron chi connectivity index (χ3n) is 2.60. The van der Waals surface area contributed by atoms with E-state index in [0.717, 1.165) is 0 Å². The van der Waals surface area contributed by atoms with E-state index in [9.17, 15) is 8.42 Å². The fourth-order valence-electron chi connectivity index (χ4n) is 1.70. The Labute approximate surface area is 129 Å². The largest absolute Gasteiger partial charge is 0.491 e. The van der Waals surface area contributed by atoms with Crippen molar-refractivity contribution < 1.29 is 13.2 Å². The number of rotatable bonds is 5. The molecule has 21 heavy (non-hydrogen) atoms. The van der Waals surface area contributed by atoms with Gasteiger partial charge in [-0.05, 0) is 62.4 Å². The normalized spacial score (nSPS) is 11.4. The predicted molar refractivity (Wildman–Crippen MR) is 84.5 cm³/mol. The SMILES string of the molecule is CC(C)Oc1ccc(S(=O)(=O)Nc2ccc(Cl)cc2)cc1. The van der Waals surface area contributed by atoms with Gasteiger partial charge in [-0.2, -0.15) is 0 Å². The minimum absolute atomic E-state index is 0.0413. The third kappa shape index (κ3) is 4.37. The number of sulfonamides is 1. The first kappa shape index (κ1) is 15.7. The van der Waals surface area contributed by atoms with E-state index in [1.807, 2.05) is 13.8 Å². The number of hydrogen-bond acceptors (Lipinski definition) is 3. The molecule has 0 unspecified atom stereocenters. The summed E-state index contributed by atoms with van der Waals surface area (Å²) in [6.45, 7) is 3.82. The van der Waals surface area contributed by atoms with Crippen LogP contribution in [-0.4, -0.2) is 14.5 Å². The van der Waals surface area contributed by atoms with Crippen LogP contribution < -0.4 is 9.46 Å². The van der Waals surface area contributed by atoms with Gasteiger partial charge in [0.15, 0.2) is 0 Å². The summed E-state index contributed by atoms with van der Waals surface area (Å²) < 4.78 is 32.4. The molecule has 0 saturated carbocycles. The van der Waals surface area contributed by atoms with Crippen molar-refractivity contribution in [2.75, 3.05) is 4.72 Å². The molecule has 0 atom stereocenters. The second-order valence-corrected chi connectivity index (χ2v) is 6.87. The molecule has 0 aliphatic carbocycles. The second kappa shape index (κ2) is 6.37. The molecule has 0 spiro atoms. The maximum atomic E-state index is 12.2. The van der Waals surface area contributed by atoms with Gasteiger partial charge in [0, 0.05) is 10.7 Å². The Morgan fingerprint density at radius 2 is 1.57 bits per heavy atom. The monoisotopic (exact) mass is 325 g/mol. The van der Waals surface area contributed by atoms with Crippen LogP contribution in [0.25, 0.3) is 0 Å². The quantitative estimate of drug-likeness (QED) is 0.906. The Balaban J connectivity index is 2.17. The minimum atomic E-state index is -3.62. The van der Waals surface area contributed by atoms with Crippen LogP contribution in [0.4, 0.5) is 5.69 Å². The highest BCUT2D eigenvalue weighted by Crippen LogP contribution is 2.21. The van der Waals surface area contributed by atoms with Gasteiger partial charge in [-0.15, -0.1) is 0 Å². The number of anilines is 1. The number of ether oxygens (including phenoxy) is 1. The Kier molecular flexibility index (Phi) is 4.75. The number of halogens is 1. The van der Waals surface area contributed by atoms with Crippen molar-refractivity contribution in [3.63, 3.8) is 0 Å². The average molecular weight is 326 g/mol. The smallest absolute Gasteiger partial charge is 0.261 e. The minimum Gasteiger partial charge on any atom is -0.491 e. The molecule has 2 rings (SSSR count). The molecule has 0 heterocycles. The van der Waals surface area contributed by atoms with Gasteiger partial charge >= 0.3 is 0 Å².